The molecule has 0 bridgehead atoms. The first-order chi connectivity index (χ1) is 9.84. The number of thioether (sulfide) groups is 1. The van der Waals surface area contributed by atoms with Gasteiger partial charge in [-0.2, -0.15) is 0 Å². The molecule has 0 heterocycles. The minimum atomic E-state index is -0.378. The Hall–Kier alpha value is -1.25. The molecule has 1 atom stereocenters. The molecule has 1 nitrogen and oxygen atoms in total. The van der Waals surface area contributed by atoms with Gasteiger partial charge in [-0.15, -0.1) is 11.8 Å². The summed E-state index contributed by atoms with van der Waals surface area (Å²) in [4.78, 5) is 1.22. The number of benzene rings is 2. The zero-order chi connectivity index (χ0) is 13.8. The quantitative estimate of drug-likeness (QED) is 0.797. The van der Waals surface area contributed by atoms with E-state index in [9.17, 15) is 5.11 Å². The highest BCUT2D eigenvalue weighted by atomic mass is 32.2. The second kappa shape index (κ2) is 6.47. The summed E-state index contributed by atoms with van der Waals surface area (Å²) in [6, 6.07) is 18.7. The van der Waals surface area contributed by atoms with Gasteiger partial charge in [0.15, 0.2) is 0 Å². The van der Waals surface area contributed by atoms with Gasteiger partial charge in [0.05, 0.1) is 6.10 Å². The predicted octanol–water partition coefficient (Wildman–Crippen LogP) is 4.78. The third kappa shape index (κ3) is 3.08. The second-order valence-corrected chi connectivity index (χ2v) is 6.49. The lowest BCUT2D eigenvalue weighted by Gasteiger charge is -2.29. The first-order valence-corrected chi connectivity index (χ1v) is 8.28. The van der Waals surface area contributed by atoms with Crippen LogP contribution in [0.15, 0.2) is 59.5 Å². The molecule has 1 aliphatic rings. The Kier molecular flexibility index (Phi) is 4.44. The Bertz CT molecular complexity index is 548. The largest absolute Gasteiger partial charge is 0.388 e. The number of aliphatic hydroxyl groups excluding tert-OH is 1. The van der Waals surface area contributed by atoms with Crippen molar-refractivity contribution in [3.05, 3.63) is 65.7 Å². The molecule has 1 aliphatic carbocycles. The van der Waals surface area contributed by atoms with Crippen LogP contribution in [0.25, 0.3) is 0 Å². The van der Waals surface area contributed by atoms with Crippen LogP contribution in [0, 0.1) is 0 Å². The summed E-state index contributed by atoms with van der Waals surface area (Å²) >= 11 is 1.72. The van der Waals surface area contributed by atoms with Crippen molar-refractivity contribution in [1.29, 1.82) is 0 Å². The molecule has 2 heteroatoms. The van der Waals surface area contributed by atoms with E-state index in [-0.39, 0.29) is 6.10 Å². The van der Waals surface area contributed by atoms with Gasteiger partial charge in [0, 0.05) is 10.6 Å². The van der Waals surface area contributed by atoms with Crippen LogP contribution in [-0.2, 0) is 0 Å². The molecule has 1 saturated carbocycles. The van der Waals surface area contributed by atoms with Crippen LogP contribution in [0.3, 0.4) is 0 Å². The Morgan fingerprint density at radius 1 is 1.00 bits per heavy atom. The molecule has 1 fully saturated rings. The zero-order valence-corrected chi connectivity index (χ0v) is 12.4. The minimum Gasteiger partial charge on any atom is -0.388 e. The van der Waals surface area contributed by atoms with Crippen molar-refractivity contribution in [2.75, 3.05) is 5.75 Å². The molecular weight excluding hydrogens is 264 g/mol. The SMILES string of the molecule is OC(CSc1ccccc1)c1ccccc1C1CCC1. The van der Waals surface area contributed by atoms with E-state index in [0.717, 1.165) is 5.56 Å². The molecule has 0 radical (unpaired) electrons. The number of hydrogen-bond donors (Lipinski definition) is 1. The third-order valence-corrected chi connectivity index (χ3v) is 5.14. The Morgan fingerprint density at radius 3 is 2.40 bits per heavy atom. The van der Waals surface area contributed by atoms with Crippen molar-refractivity contribution in [1.82, 2.24) is 0 Å². The highest BCUT2D eigenvalue weighted by Gasteiger charge is 2.24. The maximum atomic E-state index is 10.5. The molecule has 2 aromatic rings. The summed E-state index contributed by atoms with van der Waals surface area (Å²) in [6.45, 7) is 0. The Labute approximate surface area is 125 Å². The van der Waals surface area contributed by atoms with E-state index < -0.39 is 0 Å². The fraction of sp³-hybridized carbons (Fsp3) is 0.333. The maximum absolute atomic E-state index is 10.5. The molecule has 0 amide bonds. The average molecular weight is 284 g/mol. The van der Waals surface area contributed by atoms with Crippen molar-refractivity contribution < 1.29 is 5.11 Å². The van der Waals surface area contributed by atoms with Crippen LogP contribution < -0.4 is 0 Å². The lowest BCUT2D eigenvalue weighted by molar-refractivity contribution is 0.201. The van der Waals surface area contributed by atoms with Crippen molar-refractivity contribution in [3.63, 3.8) is 0 Å². The molecule has 104 valence electrons. The summed E-state index contributed by atoms with van der Waals surface area (Å²) in [5, 5.41) is 10.5. The lowest BCUT2D eigenvalue weighted by Crippen LogP contribution is -2.13. The topological polar surface area (TPSA) is 20.2 Å². The number of hydrogen-bond acceptors (Lipinski definition) is 2. The van der Waals surface area contributed by atoms with Crippen LogP contribution in [-0.4, -0.2) is 10.9 Å². The van der Waals surface area contributed by atoms with Gasteiger partial charge in [-0.05, 0) is 42.0 Å². The van der Waals surface area contributed by atoms with Gasteiger partial charge in [0.25, 0.3) is 0 Å². The summed E-state index contributed by atoms with van der Waals surface area (Å²) in [6.07, 6.45) is 3.50. The number of rotatable bonds is 5. The van der Waals surface area contributed by atoms with E-state index in [1.807, 2.05) is 24.3 Å². The lowest BCUT2D eigenvalue weighted by atomic mass is 9.77. The van der Waals surface area contributed by atoms with Gasteiger partial charge in [0.2, 0.25) is 0 Å². The highest BCUT2D eigenvalue weighted by molar-refractivity contribution is 7.99. The Balaban J connectivity index is 1.69. The monoisotopic (exact) mass is 284 g/mol. The van der Waals surface area contributed by atoms with Crippen LogP contribution in [0.4, 0.5) is 0 Å². The Morgan fingerprint density at radius 2 is 1.70 bits per heavy atom. The average Bonchev–Trinajstić information content (AvgIpc) is 2.45. The van der Waals surface area contributed by atoms with Crippen molar-refractivity contribution in [3.8, 4) is 0 Å². The summed E-state index contributed by atoms with van der Waals surface area (Å²) in [5.41, 5.74) is 2.49. The molecule has 0 spiro atoms. The normalized spacial score (nSPS) is 16.6. The molecule has 3 rings (SSSR count). The van der Waals surface area contributed by atoms with E-state index in [1.54, 1.807) is 11.8 Å². The van der Waals surface area contributed by atoms with Gasteiger partial charge in [-0.25, -0.2) is 0 Å². The fourth-order valence-electron chi connectivity index (χ4n) is 2.69. The second-order valence-electron chi connectivity index (χ2n) is 5.40. The molecule has 0 saturated heterocycles. The van der Waals surface area contributed by atoms with Crippen LogP contribution in [0.2, 0.25) is 0 Å². The van der Waals surface area contributed by atoms with E-state index in [1.165, 1.54) is 29.7 Å². The minimum absolute atomic E-state index is 0.378. The van der Waals surface area contributed by atoms with Crippen molar-refractivity contribution >= 4 is 11.8 Å². The van der Waals surface area contributed by atoms with E-state index in [4.69, 9.17) is 0 Å². The molecule has 1 N–H and O–H groups in total. The molecule has 0 aromatic heterocycles. The van der Waals surface area contributed by atoms with E-state index in [2.05, 4.69) is 30.3 Å². The summed E-state index contributed by atoms with van der Waals surface area (Å²) in [5.74, 6) is 1.39. The standard InChI is InChI=1S/C18H20OS/c19-18(13-20-15-9-2-1-3-10-15)17-12-5-4-11-16(17)14-7-6-8-14/h1-5,9-12,14,18-19H,6-8,13H2. The van der Waals surface area contributed by atoms with E-state index in [0.29, 0.717) is 11.7 Å². The van der Waals surface area contributed by atoms with Gasteiger partial charge in [0.1, 0.15) is 0 Å². The smallest absolute Gasteiger partial charge is 0.0886 e. The predicted molar refractivity (Wildman–Crippen MR) is 85.2 cm³/mol. The zero-order valence-electron chi connectivity index (χ0n) is 11.5. The van der Waals surface area contributed by atoms with Gasteiger partial charge in [-0.1, -0.05) is 48.9 Å². The first-order valence-electron chi connectivity index (χ1n) is 7.29. The molecule has 1 unspecified atom stereocenters. The van der Waals surface area contributed by atoms with Crippen molar-refractivity contribution in [2.45, 2.75) is 36.2 Å². The summed E-state index contributed by atoms with van der Waals surface area (Å²) in [7, 11) is 0. The summed E-state index contributed by atoms with van der Waals surface area (Å²) < 4.78 is 0. The molecule has 20 heavy (non-hydrogen) atoms. The van der Waals surface area contributed by atoms with Crippen LogP contribution in [0.5, 0.6) is 0 Å². The van der Waals surface area contributed by atoms with Gasteiger partial charge in [-0.3, -0.25) is 0 Å². The van der Waals surface area contributed by atoms with Crippen molar-refractivity contribution in [2.24, 2.45) is 0 Å². The maximum Gasteiger partial charge on any atom is 0.0886 e. The molecular formula is C18H20OS. The molecule has 2 aromatic carbocycles. The third-order valence-electron chi connectivity index (χ3n) is 4.05. The molecule has 0 aliphatic heterocycles. The number of aliphatic hydroxyl groups is 1. The highest BCUT2D eigenvalue weighted by Crippen LogP contribution is 2.40. The van der Waals surface area contributed by atoms with Crippen LogP contribution >= 0.6 is 11.8 Å². The van der Waals surface area contributed by atoms with Crippen LogP contribution in [0.1, 0.15) is 42.4 Å². The van der Waals surface area contributed by atoms with Gasteiger partial charge < -0.3 is 5.11 Å². The van der Waals surface area contributed by atoms with E-state index >= 15 is 0 Å². The first kappa shape index (κ1) is 13.7. The fourth-order valence-corrected chi connectivity index (χ4v) is 3.57. The van der Waals surface area contributed by atoms with Gasteiger partial charge >= 0.3 is 0 Å².